The maximum absolute atomic E-state index is 10.6. The molecule has 0 amide bonds. The van der Waals surface area contributed by atoms with E-state index in [0.29, 0.717) is 5.56 Å². The van der Waals surface area contributed by atoms with Gasteiger partial charge in [-0.2, -0.15) is 0 Å². The fraction of sp³-hybridized carbons (Fsp3) is 0.300. The molecule has 17 heavy (non-hydrogen) atoms. The number of hydrogen-bond donors (Lipinski definition) is 3. The van der Waals surface area contributed by atoms with Crippen LogP contribution in [0.1, 0.15) is 17.9 Å². The molecule has 0 bridgehead atoms. The molecule has 0 saturated carbocycles. The number of phenolic OH excluding ortho intramolecular Hbond substituents is 1. The van der Waals surface area contributed by atoms with Gasteiger partial charge in [0, 0.05) is 12.0 Å². The zero-order chi connectivity index (χ0) is 13.0. The first-order valence-electron chi connectivity index (χ1n) is 4.85. The molecule has 0 fully saturated rings. The summed E-state index contributed by atoms with van der Waals surface area (Å²) in [6.07, 6.45) is -0.187. The highest BCUT2D eigenvalue weighted by Crippen LogP contribution is 2.30. The molecule has 92 valence electrons. The zero-order valence-electron chi connectivity index (χ0n) is 8.87. The lowest BCUT2D eigenvalue weighted by atomic mass is 9.95. The van der Waals surface area contributed by atoms with Crippen LogP contribution in [-0.2, 0) is 4.79 Å². The fourth-order valence-electron chi connectivity index (χ4n) is 1.50. The SMILES string of the molecule is NCC(CC(=O)O)c1ccc([N+](=O)[O-])c(O)c1. The number of benzene rings is 1. The summed E-state index contributed by atoms with van der Waals surface area (Å²) in [5.74, 6) is -1.98. The van der Waals surface area contributed by atoms with Gasteiger partial charge in [0.2, 0.25) is 0 Å². The number of rotatable bonds is 5. The van der Waals surface area contributed by atoms with Crippen molar-refractivity contribution in [2.45, 2.75) is 12.3 Å². The predicted octanol–water partition coefficient (Wildman–Crippen LogP) is 0.817. The molecule has 1 rings (SSSR count). The molecular weight excluding hydrogens is 228 g/mol. The number of carboxylic acids is 1. The van der Waals surface area contributed by atoms with E-state index in [-0.39, 0.29) is 13.0 Å². The van der Waals surface area contributed by atoms with Crippen molar-refractivity contribution in [3.63, 3.8) is 0 Å². The number of nitrogens with two attached hydrogens (primary N) is 1. The topological polar surface area (TPSA) is 127 Å². The van der Waals surface area contributed by atoms with E-state index in [9.17, 15) is 20.0 Å². The van der Waals surface area contributed by atoms with E-state index >= 15 is 0 Å². The standard InChI is InChI=1S/C10H12N2O5/c11-5-7(4-10(14)15)6-1-2-8(12(16)17)9(13)3-6/h1-3,7,13H,4-5,11H2,(H,14,15). The van der Waals surface area contributed by atoms with Gasteiger partial charge in [-0.15, -0.1) is 0 Å². The molecule has 0 aliphatic rings. The molecule has 4 N–H and O–H groups in total. The Morgan fingerprint density at radius 2 is 2.18 bits per heavy atom. The Labute approximate surface area is 96.6 Å². The minimum Gasteiger partial charge on any atom is -0.502 e. The lowest BCUT2D eigenvalue weighted by Crippen LogP contribution is -2.16. The molecule has 7 nitrogen and oxygen atoms in total. The molecule has 1 unspecified atom stereocenters. The largest absolute Gasteiger partial charge is 0.502 e. The number of carboxylic acid groups (broad SMARTS) is 1. The number of nitro benzene ring substituents is 1. The Kier molecular flexibility index (Phi) is 4.00. The van der Waals surface area contributed by atoms with Crippen LogP contribution in [0.25, 0.3) is 0 Å². The first kappa shape index (κ1) is 12.9. The Morgan fingerprint density at radius 1 is 1.53 bits per heavy atom. The Hall–Kier alpha value is -2.15. The van der Waals surface area contributed by atoms with E-state index in [4.69, 9.17) is 10.8 Å². The van der Waals surface area contributed by atoms with Crippen molar-refractivity contribution in [1.29, 1.82) is 0 Å². The first-order valence-corrected chi connectivity index (χ1v) is 4.85. The predicted molar refractivity (Wildman–Crippen MR) is 58.8 cm³/mol. The van der Waals surface area contributed by atoms with Crippen molar-refractivity contribution in [1.82, 2.24) is 0 Å². The van der Waals surface area contributed by atoms with Crippen molar-refractivity contribution < 1.29 is 19.9 Å². The molecule has 0 radical (unpaired) electrons. The van der Waals surface area contributed by atoms with Crippen LogP contribution >= 0.6 is 0 Å². The van der Waals surface area contributed by atoms with Crippen LogP contribution in [0.15, 0.2) is 18.2 Å². The Morgan fingerprint density at radius 3 is 2.59 bits per heavy atom. The number of nitrogens with zero attached hydrogens (tertiary/aromatic N) is 1. The van der Waals surface area contributed by atoms with Gasteiger partial charge in [0.1, 0.15) is 0 Å². The zero-order valence-corrected chi connectivity index (χ0v) is 8.87. The number of phenols is 1. The summed E-state index contributed by atoms with van der Waals surface area (Å²) in [5.41, 5.74) is 5.48. The molecule has 1 aromatic rings. The minimum atomic E-state index is -1.02. The maximum Gasteiger partial charge on any atom is 0.310 e. The van der Waals surface area contributed by atoms with Crippen molar-refractivity contribution in [2.24, 2.45) is 5.73 Å². The highest BCUT2D eigenvalue weighted by Gasteiger charge is 2.18. The summed E-state index contributed by atoms with van der Waals surface area (Å²) >= 11 is 0. The van der Waals surface area contributed by atoms with Gasteiger partial charge in [-0.3, -0.25) is 14.9 Å². The van der Waals surface area contributed by atoms with Crippen molar-refractivity contribution in [2.75, 3.05) is 6.54 Å². The second kappa shape index (κ2) is 5.26. The van der Waals surface area contributed by atoms with Crippen molar-refractivity contribution >= 4 is 11.7 Å². The highest BCUT2D eigenvalue weighted by atomic mass is 16.6. The number of aromatic hydroxyl groups is 1. The molecule has 1 aromatic carbocycles. The van der Waals surface area contributed by atoms with Crippen LogP contribution in [0.3, 0.4) is 0 Å². The Balaban J connectivity index is 3.02. The maximum atomic E-state index is 10.6. The summed E-state index contributed by atoms with van der Waals surface area (Å²) in [6.45, 7) is 0.0869. The fourth-order valence-corrected chi connectivity index (χ4v) is 1.50. The first-order chi connectivity index (χ1) is 7.95. The van der Waals surface area contributed by atoms with Gasteiger partial charge in [-0.25, -0.2) is 0 Å². The smallest absolute Gasteiger partial charge is 0.310 e. The van der Waals surface area contributed by atoms with Crippen molar-refractivity contribution in [3.8, 4) is 5.75 Å². The summed E-state index contributed by atoms with van der Waals surface area (Å²) in [4.78, 5) is 20.3. The molecule has 0 saturated heterocycles. The van der Waals surface area contributed by atoms with Gasteiger partial charge in [0.15, 0.2) is 5.75 Å². The van der Waals surface area contributed by atoms with Crippen LogP contribution in [-0.4, -0.2) is 27.7 Å². The highest BCUT2D eigenvalue weighted by molar-refractivity contribution is 5.68. The second-order valence-corrected chi connectivity index (χ2v) is 3.54. The van der Waals surface area contributed by atoms with E-state index in [1.54, 1.807) is 0 Å². The average molecular weight is 240 g/mol. The lowest BCUT2D eigenvalue weighted by molar-refractivity contribution is -0.385. The van der Waals surface area contributed by atoms with E-state index < -0.39 is 28.2 Å². The monoisotopic (exact) mass is 240 g/mol. The Bertz CT molecular complexity index is 446. The summed E-state index contributed by atoms with van der Waals surface area (Å²) < 4.78 is 0. The molecule has 0 aliphatic carbocycles. The normalized spacial score (nSPS) is 12.1. The molecule has 0 aliphatic heterocycles. The van der Waals surface area contributed by atoms with Gasteiger partial charge in [0.25, 0.3) is 0 Å². The summed E-state index contributed by atoms with van der Waals surface area (Å²) in [5, 5.41) is 28.5. The van der Waals surface area contributed by atoms with E-state index in [1.165, 1.54) is 12.1 Å². The van der Waals surface area contributed by atoms with Gasteiger partial charge >= 0.3 is 11.7 Å². The summed E-state index contributed by atoms with van der Waals surface area (Å²) in [7, 11) is 0. The quantitative estimate of drug-likeness (QED) is 0.516. The van der Waals surface area contributed by atoms with E-state index in [0.717, 1.165) is 6.07 Å². The van der Waals surface area contributed by atoms with Gasteiger partial charge in [-0.1, -0.05) is 6.07 Å². The van der Waals surface area contributed by atoms with Gasteiger partial charge in [0.05, 0.1) is 11.3 Å². The third kappa shape index (κ3) is 3.15. The van der Waals surface area contributed by atoms with Crippen LogP contribution in [0.2, 0.25) is 0 Å². The molecule has 0 heterocycles. The van der Waals surface area contributed by atoms with Crippen LogP contribution in [0.5, 0.6) is 5.75 Å². The van der Waals surface area contributed by atoms with Crippen molar-refractivity contribution in [3.05, 3.63) is 33.9 Å². The number of hydrogen-bond acceptors (Lipinski definition) is 5. The second-order valence-electron chi connectivity index (χ2n) is 3.54. The molecule has 0 spiro atoms. The summed E-state index contributed by atoms with van der Waals surface area (Å²) in [6, 6.07) is 3.71. The molecule has 7 heteroatoms. The average Bonchev–Trinajstić information content (AvgIpc) is 2.24. The third-order valence-electron chi connectivity index (χ3n) is 2.37. The molecule has 0 aromatic heterocycles. The van der Waals surface area contributed by atoms with E-state index in [1.807, 2.05) is 0 Å². The van der Waals surface area contributed by atoms with Gasteiger partial charge in [-0.05, 0) is 18.2 Å². The number of nitro groups is 1. The molecule has 1 atom stereocenters. The minimum absolute atomic E-state index is 0.0869. The lowest BCUT2D eigenvalue weighted by Gasteiger charge is -2.12. The number of aliphatic carboxylic acids is 1. The van der Waals surface area contributed by atoms with Crippen LogP contribution in [0, 0.1) is 10.1 Å². The number of carbonyl (C=O) groups is 1. The van der Waals surface area contributed by atoms with E-state index in [2.05, 4.69) is 0 Å². The van der Waals surface area contributed by atoms with Crippen LogP contribution < -0.4 is 5.73 Å². The third-order valence-corrected chi connectivity index (χ3v) is 2.37. The molecular formula is C10H12N2O5. The van der Waals surface area contributed by atoms with Gasteiger partial charge < -0.3 is 15.9 Å². The van der Waals surface area contributed by atoms with Crippen LogP contribution in [0.4, 0.5) is 5.69 Å².